The average molecular weight is 386 g/mol. The lowest BCUT2D eigenvalue weighted by Gasteiger charge is -2.20. The molecule has 4 rings (SSSR count). The summed E-state index contributed by atoms with van der Waals surface area (Å²) >= 11 is 0. The van der Waals surface area contributed by atoms with Gasteiger partial charge in [0.25, 0.3) is 5.91 Å². The Kier molecular flexibility index (Phi) is 4.76. The van der Waals surface area contributed by atoms with Crippen LogP contribution in [0.15, 0.2) is 60.7 Å². The Hall–Kier alpha value is -3.67. The lowest BCUT2D eigenvalue weighted by atomic mass is 10.0. The molecule has 2 aromatic heterocycles. The Balaban J connectivity index is 1.91. The fourth-order valence-corrected chi connectivity index (χ4v) is 3.57. The molecule has 0 unspecified atom stereocenters. The van der Waals surface area contributed by atoms with Crippen LogP contribution in [0.5, 0.6) is 5.75 Å². The fraction of sp³-hybridized carbons (Fsp3) is 0.174. The van der Waals surface area contributed by atoms with Crippen LogP contribution in [0, 0.1) is 6.92 Å². The lowest BCUT2D eigenvalue weighted by Crippen LogP contribution is -2.27. The van der Waals surface area contributed by atoms with Crippen molar-refractivity contribution in [3.8, 4) is 17.0 Å². The molecule has 0 spiro atoms. The largest absolute Gasteiger partial charge is 0.495 e. The molecule has 0 bridgehead atoms. The maximum absolute atomic E-state index is 13.6. The number of aromatic nitrogens is 3. The Morgan fingerprint density at radius 2 is 1.76 bits per heavy atom. The summed E-state index contributed by atoms with van der Waals surface area (Å²) < 4.78 is 7.16. The van der Waals surface area contributed by atoms with Crippen molar-refractivity contribution < 1.29 is 9.53 Å². The van der Waals surface area contributed by atoms with Crippen molar-refractivity contribution >= 4 is 22.6 Å². The van der Waals surface area contributed by atoms with Gasteiger partial charge in [0.1, 0.15) is 5.75 Å². The Labute approximate surface area is 169 Å². The minimum absolute atomic E-state index is 0.143. The summed E-state index contributed by atoms with van der Waals surface area (Å²) in [6.45, 7) is 1.89. The Bertz CT molecular complexity index is 1200. The third-order valence-electron chi connectivity index (χ3n) is 5.02. The summed E-state index contributed by atoms with van der Waals surface area (Å²) in [5, 5.41) is 5.26. The maximum Gasteiger partial charge on any atom is 0.259 e. The van der Waals surface area contributed by atoms with Gasteiger partial charge < -0.3 is 9.64 Å². The van der Waals surface area contributed by atoms with E-state index in [4.69, 9.17) is 9.72 Å². The summed E-state index contributed by atoms with van der Waals surface area (Å²) in [6.07, 6.45) is 0. The highest BCUT2D eigenvalue weighted by atomic mass is 16.5. The third kappa shape index (κ3) is 3.23. The highest BCUT2D eigenvalue weighted by Gasteiger charge is 2.23. The average Bonchev–Trinajstić information content (AvgIpc) is 3.06. The molecule has 0 atom stereocenters. The molecule has 0 N–H and O–H groups in total. The first-order valence-electron chi connectivity index (χ1n) is 9.32. The molecule has 6 nitrogen and oxygen atoms in total. The van der Waals surface area contributed by atoms with Gasteiger partial charge >= 0.3 is 0 Å². The molecule has 2 heterocycles. The number of para-hydroxylation sites is 2. The minimum atomic E-state index is -0.143. The molecule has 1 amide bonds. The molecule has 0 aliphatic rings. The van der Waals surface area contributed by atoms with E-state index in [9.17, 15) is 4.79 Å². The van der Waals surface area contributed by atoms with E-state index < -0.39 is 0 Å². The van der Waals surface area contributed by atoms with E-state index in [0.717, 1.165) is 22.3 Å². The van der Waals surface area contributed by atoms with E-state index in [-0.39, 0.29) is 5.91 Å². The molecular formula is C23H22N4O2. The first-order chi connectivity index (χ1) is 14.0. The monoisotopic (exact) mass is 386 g/mol. The van der Waals surface area contributed by atoms with Crippen molar-refractivity contribution in [1.82, 2.24) is 14.8 Å². The molecule has 0 fully saturated rings. The van der Waals surface area contributed by atoms with Gasteiger partial charge in [0.15, 0.2) is 5.65 Å². The first kappa shape index (κ1) is 18.7. The number of carbonyl (C=O) groups is 1. The molecule has 0 aliphatic heterocycles. The molecule has 0 saturated carbocycles. The van der Waals surface area contributed by atoms with Crippen molar-refractivity contribution in [2.75, 3.05) is 19.1 Å². The number of hydrogen-bond acceptors (Lipinski definition) is 4. The number of benzene rings is 2. The van der Waals surface area contributed by atoms with Gasteiger partial charge in [-0.05, 0) is 25.1 Å². The number of ether oxygens (including phenoxy) is 1. The summed E-state index contributed by atoms with van der Waals surface area (Å²) in [5.74, 6) is 0.495. The summed E-state index contributed by atoms with van der Waals surface area (Å²) in [7, 11) is 5.19. The number of aryl methyl sites for hydroxylation is 2. The SMILES string of the molecule is COc1ccccc1N(C)C(=O)c1cc(-c2ccccc2)nc2c1c(C)nn2C. The number of carbonyl (C=O) groups excluding carboxylic acids is 1. The van der Waals surface area contributed by atoms with E-state index in [2.05, 4.69) is 5.10 Å². The number of nitrogens with zero attached hydrogens (tertiary/aromatic N) is 4. The van der Waals surface area contributed by atoms with Gasteiger partial charge in [0, 0.05) is 19.7 Å². The van der Waals surface area contributed by atoms with Gasteiger partial charge in [-0.3, -0.25) is 9.48 Å². The number of pyridine rings is 1. The number of amides is 1. The second-order valence-electron chi connectivity index (χ2n) is 6.86. The molecule has 0 saturated heterocycles. The fourth-order valence-electron chi connectivity index (χ4n) is 3.57. The summed E-state index contributed by atoms with van der Waals surface area (Å²) in [4.78, 5) is 20.0. The summed E-state index contributed by atoms with van der Waals surface area (Å²) in [6, 6.07) is 19.1. The highest BCUT2D eigenvalue weighted by molar-refractivity contribution is 6.14. The molecule has 146 valence electrons. The smallest absolute Gasteiger partial charge is 0.259 e. The number of methoxy groups -OCH3 is 1. The van der Waals surface area contributed by atoms with Crippen LogP contribution >= 0.6 is 0 Å². The van der Waals surface area contributed by atoms with E-state index in [1.807, 2.05) is 74.6 Å². The number of fused-ring (bicyclic) bond motifs is 1. The van der Waals surface area contributed by atoms with Crippen LogP contribution in [0.3, 0.4) is 0 Å². The van der Waals surface area contributed by atoms with Crippen LogP contribution in [-0.2, 0) is 7.05 Å². The standard InChI is InChI=1S/C23H22N4O2/c1-15-21-17(23(28)26(2)19-12-8-9-13-20(19)29-4)14-18(16-10-6-5-7-11-16)24-22(21)27(3)25-15/h5-14H,1-4H3. The first-order valence-corrected chi connectivity index (χ1v) is 9.32. The second-order valence-corrected chi connectivity index (χ2v) is 6.86. The van der Waals surface area contributed by atoms with Crippen LogP contribution in [0.2, 0.25) is 0 Å². The molecule has 2 aromatic carbocycles. The minimum Gasteiger partial charge on any atom is -0.495 e. The predicted molar refractivity (Wildman–Crippen MR) is 114 cm³/mol. The van der Waals surface area contributed by atoms with Crippen LogP contribution in [0.25, 0.3) is 22.3 Å². The molecular weight excluding hydrogens is 364 g/mol. The predicted octanol–water partition coefficient (Wildman–Crippen LogP) is 4.23. The molecule has 29 heavy (non-hydrogen) atoms. The Morgan fingerprint density at radius 1 is 1.07 bits per heavy atom. The third-order valence-corrected chi connectivity index (χ3v) is 5.02. The van der Waals surface area contributed by atoms with E-state index >= 15 is 0 Å². The zero-order chi connectivity index (χ0) is 20.5. The molecule has 0 radical (unpaired) electrons. The van der Waals surface area contributed by atoms with Gasteiger partial charge in [-0.15, -0.1) is 0 Å². The normalized spacial score (nSPS) is 10.9. The van der Waals surface area contributed by atoms with Crippen molar-refractivity contribution in [2.45, 2.75) is 6.92 Å². The van der Waals surface area contributed by atoms with Crippen LogP contribution < -0.4 is 9.64 Å². The molecule has 0 aliphatic carbocycles. The van der Waals surface area contributed by atoms with Gasteiger partial charge in [-0.1, -0.05) is 42.5 Å². The number of rotatable bonds is 4. The summed E-state index contributed by atoms with van der Waals surface area (Å²) in [5.41, 5.74) is 4.40. The second kappa shape index (κ2) is 7.39. The quantitative estimate of drug-likeness (QED) is 0.527. The van der Waals surface area contributed by atoms with Crippen molar-refractivity contribution in [1.29, 1.82) is 0 Å². The van der Waals surface area contributed by atoms with E-state index in [1.54, 1.807) is 23.7 Å². The maximum atomic E-state index is 13.6. The van der Waals surface area contributed by atoms with Gasteiger partial charge in [0.2, 0.25) is 0 Å². The lowest BCUT2D eigenvalue weighted by molar-refractivity contribution is 0.0994. The zero-order valence-electron chi connectivity index (χ0n) is 16.9. The Morgan fingerprint density at radius 3 is 2.48 bits per heavy atom. The van der Waals surface area contributed by atoms with E-state index in [0.29, 0.717) is 22.6 Å². The number of hydrogen-bond donors (Lipinski definition) is 0. The topological polar surface area (TPSA) is 60.2 Å². The van der Waals surface area contributed by atoms with Gasteiger partial charge in [0.05, 0.1) is 35.1 Å². The van der Waals surface area contributed by atoms with Crippen LogP contribution in [0.1, 0.15) is 16.1 Å². The molecule has 6 heteroatoms. The van der Waals surface area contributed by atoms with E-state index in [1.165, 1.54) is 0 Å². The van der Waals surface area contributed by atoms with Crippen LogP contribution in [-0.4, -0.2) is 34.8 Å². The zero-order valence-corrected chi connectivity index (χ0v) is 16.9. The van der Waals surface area contributed by atoms with Crippen LogP contribution in [0.4, 0.5) is 5.69 Å². The highest BCUT2D eigenvalue weighted by Crippen LogP contribution is 2.31. The molecule has 4 aromatic rings. The number of anilines is 1. The van der Waals surface area contributed by atoms with Gasteiger partial charge in [-0.2, -0.15) is 5.10 Å². The van der Waals surface area contributed by atoms with Crippen molar-refractivity contribution in [2.24, 2.45) is 7.05 Å². The van der Waals surface area contributed by atoms with Crippen molar-refractivity contribution in [3.63, 3.8) is 0 Å². The van der Waals surface area contributed by atoms with Gasteiger partial charge in [-0.25, -0.2) is 4.98 Å². The van der Waals surface area contributed by atoms with Crippen molar-refractivity contribution in [3.05, 3.63) is 71.9 Å².